The summed E-state index contributed by atoms with van der Waals surface area (Å²) in [5, 5.41) is 15.8. The molecule has 1 aliphatic rings. The fourth-order valence-electron chi connectivity index (χ4n) is 4.58. The van der Waals surface area contributed by atoms with Crippen molar-refractivity contribution in [2.24, 2.45) is 11.8 Å². The third-order valence-corrected chi connectivity index (χ3v) is 6.96. The van der Waals surface area contributed by atoms with Crippen LogP contribution in [-0.2, 0) is 6.54 Å². The van der Waals surface area contributed by atoms with Gasteiger partial charge in [-0.25, -0.2) is 0 Å². The molecule has 35 heavy (non-hydrogen) atoms. The highest BCUT2D eigenvalue weighted by molar-refractivity contribution is 6.30. The van der Waals surface area contributed by atoms with Crippen molar-refractivity contribution in [1.29, 1.82) is 5.26 Å². The molecule has 0 aromatic heterocycles. The predicted octanol–water partition coefficient (Wildman–Crippen LogP) is 7.22. The highest BCUT2D eigenvalue weighted by Gasteiger charge is 2.25. The second kappa shape index (κ2) is 11.9. The second-order valence-corrected chi connectivity index (χ2v) is 9.82. The first-order valence-electron chi connectivity index (χ1n) is 12.2. The van der Waals surface area contributed by atoms with E-state index in [1.54, 1.807) is 0 Å². The SMILES string of the molecule is CC1CNCC1CN(Cc1ccc2cccc(C#N)c2c1)c1ccc(Cl)cc1.Cc1ccccc1. The third kappa shape index (κ3) is 6.63. The summed E-state index contributed by atoms with van der Waals surface area (Å²) < 4.78 is 0. The minimum atomic E-state index is 0.616. The van der Waals surface area contributed by atoms with E-state index in [1.807, 2.05) is 42.5 Å². The van der Waals surface area contributed by atoms with Gasteiger partial charge in [0.2, 0.25) is 0 Å². The zero-order valence-corrected chi connectivity index (χ0v) is 21.2. The van der Waals surface area contributed by atoms with Crippen LogP contribution in [0, 0.1) is 30.1 Å². The average molecular weight is 482 g/mol. The van der Waals surface area contributed by atoms with E-state index in [-0.39, 0.29) is 0 Å². The van der Waals surface area contributed by atoms with Crippen LogP contribution >= 0.6 is 11.6 Å². The number of nitriles is 1. The molecule has 3 nitrogen and oxygen atoms in total. The van der Waals surface area contributed by atoms with Gasteiger partial charge >= 0.3 is 0 Å². The van der Waals surface area contributed by atoms with Crippen LogP contribution < -0.4 is 10.2 Å². The Bertz CT molecular complexity index is 1280. The van der Waals surface area contributed by atoms with Crippen molar-refractivity contribution < 1.29 is 0 Å². The minimum Gasteiger partial charge on any atom is -0.367 e. The van der Waals surface area contributed by atoms with Gasteiger partial charge in [0.15, 0.2) is 0 Å². The summed E-state index contributed by atoms with van der Waals surface area (Å²) in [7, 11) is 0. The van der Waals surface area contributed by atoms with Crippen LogP contribution in [0.4, 0.5) is 5.69 Å². The lowest BCUT2D eigenvalue weighted by molar-refractivity contribution is 0.446. The molecule has 4 aromatic carbocycles. The first-order valence-corrected chi connectivity index (χ1v) is 12.6. The first-order chi connectivity index (χ1) is 17.0. The van der Waals surface area contributed by atoms with Gasteiger partial charge in [0.1, 0.15) is 0 Å². The van der Waals surface area contributed by atoms with E-state index >= 15 is 0 Å². The first kappa shape index (κ1) is 24.8. The number of nitrogens with one attached hydrogen (secondary N) is 1. The maximum absolute atomic E-state index is 9.45. The number of fused-ring (bicyclic) bond motifs is 1. The molecule has 0 spiro atoms. The van der Waals surface area contributed by atoms with Gasteiger partial charge in [-0.1, -0.05) is 78.7 Å². The molecule has 4 heteroatoms. The lowest BCUT2D eigenvalue weighted by atomic mass is 9.96. The lowest BCUT2D eigenvalue weighted by Gasteiger charge is -2.29. The molecule has 178 valence electrons. The summed E-state index contributed by atoms with van der Waals surface area (Å²) in [6.07, 6.45) is 0. The fraction of sp³-hybridized carbons (Fsp3) is 0.258. The molecule has 0 amide bonds. The van der Waals surface area contributed by atoms with Crippen molar-refractivity contribution in [3.05, 3.63) is 113 Å². The smallest absolute Gasteiger partial charge is 0.0998 e. The van der Waals surface area contributed by atoms with E-state index < -0.39 is 0 Å². The molecule has 0 aliphatic carbocycles. The number of anilines is 1. The zero-order valence-electron chi connectivity index (χ0n) is 20.4. The summed E-state index contributed by atoms with van der Waals surface area (Å²) in [5.41, 5.74) is 4.44. The molecular weight excluding hydrogens is 450 g/mol. The number of hydrogen-bond acceptors (Lipinski definition) is 3. The molecule has 2 unspecified atom stereocenters. The molecule has 1 heterocycles. The van der Waals surface area contributed by atoms with Gasteiger partial charge in [-0.3, -0.25) is 0 Å². The Balaban J connectivity index is 0.000000356. The Morgan fingerprint density at radius 3 is 2.34 bits per heavy atom. The Kier molecular flexibility index (Phi) is 8.42. The number of aryl methyl sites for hydroxylation is 1. The Labute approximate surface area is 214 Å². The van der Waals surface area contributed by atoms with E-state index in [0.29, 0.717) is 11.8 Å². The predicted molar refractivity (Wildman–Crippen MR) is 148 cm³/mol. The van der Waals surface area contributed by atoms with Crippen molar-refractivity contribution >= 4 is 28.1 Å². The highest BCUT2D eigenvalue weighted by Crippen LogP contribution is 2.27. The number of hydrogen-bond donors (Lipinski definition) is 1. The number of rotatable bonds is 5. The van der Waals surface area contributed by atoms with Crippen molar-refractivity contribution in [2.75, 3.05) is 24.5 Å². The van der Waals surface area contributed by atoms with Crippen LogP contribution in [0.2, 0.25) is 5.02 Å². The van der Waals surface area contributed by atoms with Crippen molar-refractivity contribution in [2.45, 2.75) is 20.4 Å². The molecule has 2 atom stereocenters. The third-order valence-electron chi connectivity index (χ3n) is 6.71. The monoisotopic (exact) mass is 481 g/mol. The summed E-state index contributed by atoms with van der Waals surface area (Å²) in [5.74, 6) is 1.28. The summed E-state index contributed by atoms with van der Waals surface area (Å²) in [6, 6.07) is 33.0. The quantitative estimate of drug-likeness (QED) is 0.327. The van der Waals surface area contributed by atoms with Crippen LogP contribution in [0.1, 0.15) is 23.6 Å². The van der Waals surface area contributed by atoms with Gasteiger partial charge in [0.05, 0.1) is 11.6 Å². The molecule has 0 saturated carbocycles. The van der Waals surface area contributed by atoms with Crippen LogP contribution in [-0.4, -0.2) is 19.6 Å². The van der Waals surface area contributed by atoms with E-state index in [9.17, 15) is 5.26 Å². The van der Waals surface area contributed by atoms with Gasteiger partial charge in [0, 0.05) is 23.8 Å². The number of nitrogens with zero attached hydrogens (tertiary/aromatic N) is 2. The van der Waals surface area contributed by atoms with E-state index in [1.165, 1.54) is 16.8 Å². The minimum absolute atomic E-state index is 0.616. The normalized spacial score (nSPS) is 16.9. The molecule has 4 aromatic rings. The van der Waals surface area contributed by atoms with Gasteiger partial charge < -0.3 is 10.2 Å². The van der Waals surface area contributed by atoms with Gasteiger partial charge in [-0.2, -0.15) is 5.26 Å². The van der Waals surface area contributed by atoms with E-state index in [2.05, 4.69) is 78.7 Å². The summed E-state index contributed by atoms with van der Waals surface area (Å²) in [4.78, 5) is 2.43. The molecule has 1 aliphatic heterocycles. The summed E-state index contributed by atoms with van der Waals surface area (Å²) in [6.45, 7) is 8.34. The van der Waals surface area contributed by atoms with Crippen molar-refractivity contribution in [3.8, 4) is 6.07 Å². The fourth-order valence-corrected chi connectivity index (χ4v) is 4.70. The van der Waals surface area contributed by atoms with Gasteiger partial charge in [-0.05, 0) is 84.6 Å². The molecule has 1 saturated heterocycles. The second-order valence-electron chi connectivity index (χ2n) is 9.38. The molecule has 1 N–H and O–H groups in total. The molecule has 1 fully saturated rings. The van der Waals surface area contributed by atoms with Gasteiger partial charge in [0.25, 0.3) is 0 Å². The zero-order chi connectivity index (χ0) is 24.6. The number of halogens is 1. The highest BCUT2D eigenvalue weighted by atomic mass is 35.5. The Hall–Kier alpha value is -3.32. The molecule has 0 bridgehead atoms. The standard InChI is InChI=1S/C24H24ClN3.C7H8/c1-17-13-27-14-21(17)16-28(23-9-7-22(25)8-10-23)15-18-5-6-19-3-2-4-20(12-26)24(19)11-18;1-7-5-3-2-4-6-7/h2-11,17,21,27H,13-16H2,1H3;2-6H,1H3. The van der Waals surface area contributed by atoms with E-state index in [0.717, 1.165) is 47.5 Å². The largest absolute Gasteiger partial charge is 0.367 e. The lowest BCUT2D eigenvalue weighted by Crippen LogP contribution is -2.32. The van der Waals surface area contributed by atoms with Crippen LogP contribution in [0.5, 0.6) is 0 Å². The van der Waals surface area contributed by atoms with Crippen LogP contribution in [0.25, 0.3) is 10.8 Å². The molecular formula is C31H32ClN3. The van der Waals surface area contributed by atoms with Crippen molar-refractivity contribution in [1.82, 2.24) is 5.32 Å². The molecule has 0 radical (unpaired) electrons. The van der Waals surface area contributed by atoms with Crippen molar-refractivity contribution in [3.63, 3.8) is 0 Å². The van der Waals surface area contributed by atoms with E-state index in [4.69, 9.17) is 11.6 Å². The average Bonchev–Trinajstić information content (AvgIpc) is 3.28. The molecule has 5 rings (SSSR count). The Morgan fingerprint density at radius 1 is 0.943 bits per heavy atom. The maximum atomic E-state index is 9.45. The maximum Gasteiger partial charge on any atom is 0.0998 e. The number of benzene rings is 4. The van der Waals surface area contributed by atoms with Crippen LogP contribution in [0.15, 0.2) is 91.0 Å². The van der Waals surface area contributed by atoms with Crippen LogP contribution in [0.3, 0.4) is 0 Å². The van der Waals surface area contributed by atoms with Gasteiger partial charge in [-0.15, -0.1) is 0 Å². The Morgan fingerprint density at radius 2 is 1.71 bits per heavy atom. The topological polar surface area (TPSA) is 39.1 Å². The summed E-state index contributed by atoms with van der Waals surface area (Å²) >= 11 is 6.11.